The second-order valence-corrected chi connectivity index (χ2v) is 6.56. The van der Waals surface area contributed by atoms with Crippen molar-refractivity contribution in [3.63, 3.8) is 0 Å². The van der Waals surface area contributed by atoms with Gasteiger partial charge in [-0.05, 0) is 35.6 Å². The normalized spacial score (nSPS) is 12.2. The number of benzene rings is 1. The van der Waals surface area contributed by atoms with Crippen molar-refractivity contribution in [3.05, 3.63) is 58.3 Å². The third-order valence-electron chi connectivity index (χ3n) is 2.79. The van der Waals surface area contributed by atoms with Crippen LogP contribution in [0.3, 0.4) is 0 Å². The van der Waals surface area contributed by atoms with Crippen molar-refractivity contribution in [3.8, 4) is 0 Å². The Kier molecular flexibility index (Phi) is 5.48. The van der Waals surface area contributed by atoms with Crippen molar-refractivity contribution in [2.75, 3.05) is 5.75 Å². The van der Waals surface area contributed by atoms with Gasteiger partial charge in [0.25, 0.3) is 0 Å². The molecule has 0 amide bonds. The first kappa shape index (κ1) is 14.2. The molecule has 1 unspecified atom stereocenters. The van der Waals surface area contributed by atoms with E-state index >= 15 is 0 Å². The lowest BCUT2D eigenvalue weighted by atomic mass is 10.1. The van der Waals surface area contributed by atoms with Crippen molar-refractivity contribution in [1.29, 1.82) is 0 Å². The van der Waals surface area contributed by atoms with Gasteiger partial charge in [-0.15, -0.1) is 23.1 Å². The summed E-state index contributed by atoms with van der Waals surface area (Å²) in [6.07, 6.45) is 1.53. The van der Waals surface area contributed by atoms with Crippen LogP contribution in [0.25, 0.3) is 0 Å². The van der Waals surface area contributed by atoms with Crippen molar-refractivity contribution >= 4 is 29.1 Å². The Morgan fingerprint density at radius 1 is 1.21 bits per heavy atom. The minimum Gasteiger partial charge on any atom is -0.480 e. The molecule has 4 heteroatoms. The van der Waals surface area contributed by atoms with Gasteiger partial charge < -0.3 is 5.11 Å². The van der Waals surface area contributed by atoms with Crippen LogP contribution in [0.4, 0.5) is 0 Å². The van der Waals surface area contributed by atoms with E-state index in [2.05, 4.69) is 11.4 Å². The molecule has 0 saturated heterocycles. The highest BCUT2D eigenvalue weighted by molar-refractivity contribution is 8.00. The van der Waals surface area contributed by atoms with Crippen molar-refractivity contribution in [1.82, 2.24) is 0 Å². The fourth-order valence-corrected chi connectivity index (χ4v) is 3.72. The minimum atomic E-state index is -0.722. The van der Waals surface area contributed by atoms with E-state index in [4.69, 9.17) is 0 Å². The van der Waals surface area contributed by atoms with Gasteiger partial charge in [-0.2, -0.15) is 0 Å². The summed E-state index contributed by atoms with van der Waals surface area (Å²) < 4.78 is 0. The zero-order valence-corrected chi connectivity index (χ0v) is 12.1. The molecule has 0 bridgehead atoms. The number of hydrogen-bond donors (Lipinski definition) is 1. The van der Waals surface area contributed by atoms with E-state index in [9.17, 15) is 9.90 Å². The topological polar surface area (TPSA) is 37.3 Å². The van der Waals surface area contributed by atoms with Crippen LogP contribution in [-0.2, 0) is 17.6 Å². The maximum absolute atomic E-state index is 11.3. The summed E-state index contributed by atoms with van der Waals surface area (Å²) >= 11 is 3.26. The highest BCUT2D eigenvalue weighted by Crippen LogP contribution is 2.20. The third kappa shape index (κ3) is 4.73. The lowest BCUT2D eigenvalue weighted by Crippen LogP contribution is -2.20. The van der Waals surface area contributed by atoms with Gasteiger partial charge in [0.15, 0.2) is 0 Å². The van der Waals surface area contributed by atoms with Gasteiger partial charge in [-0.1, -0.05) is 36.4 Å². The van der Waals surface area contributed by atoms with E-state index < -0.39 is 5.97 Å². The molecule has 0 aliphatic carbocycles. The number of carbonyl (C=O) groups is 1. The maximum atomic E-state index is 11.3. The second kappa shape index (κ2) is 7.36. The number of carboxylic acids is 1. The second-order valence-electron chi connectivity index (χ2n) is 4.22. The Morgan fingerprint density at radius 3 is 2.63 bits per heavy atom. The van der Waals surface area contributed by atoms with Crippen LogP contribution < -0.4 is 0 Å². The van der Waals surface area contributed by atoms with Crippen LogP contribution in [0.5, 0.6) is 0 Å². The average Bonchev–Trinajstić information content (AvgIpc) is 2.92. The van der Waals surface area contributed by atoms with Gasteiger partial charge >= 0.3 is 5.97 Å². The molecular formula is C15H16O2S2. The van der Waals surface area contributed by atoms with E-state index in [0.29, 0.717) is 6.42 Å². The van der Waals surface area contributed by atoms with Crippen LogP contribution >= 0.6 is 23.1 Å². The molecule has 19 heavy (non-hydrogen) atoms. The lowest BCUT2D eigenvalue weighted by Gasteiger charge is -2.11. The minimum absolute atomic E-state index is 0.359. The summed E-state index contributed by atoms with van der Waals surface area (Å²) in [5, 5.41) is 11.0. The van der Waals surface area contributed by atoms with Gasteiger partial charge in [0.05, 0.1) is 0 Å². The molecule has 0 spiro atoms. The Bertz CT molecular complexity index is 494. The monoisotopic (exact) mass is 292 g/mol. The molecule has 100 valence electrons. The van der Waals surface area contributed by atoms with Crippen LogP contribution in [0.1, 0.15) is 10.4 Å². The van der Waals surface area contributed by atoms with E-state index in [1.165, 1.54) is 16.6 Å². The highest BCUT2D eigenvalue weighted by Gasteiger charge is 2.18. The van der Waals surface area contributed by atoms with E-state index in [-0.39, 0.29) is 5.25 Å². The molecule has 2 nitrogen and oxygen atoms in total. The molecule has 2 aromatic rings. The SMILES string of the molecule is O=C(O)C(Cc1ccccc1)SCCc1cccs1. The first-order valence-electron chi connectivity index (χ1n) is 6.16. The van der Waals surface area contributed by atoms with E-state index in [1.807, 2.05) is 36.4 Å². The number of aliphatic carboxylic acids is 1. The molecule has 0 aliphatic rings. The summed E-state index contributed by atoms with van der Waals surface area (Å²) in [7, 11) is 0. The number of aryl methyl sites for hydroxylation is 1. The number of thiophene rings is 1. The number of hydrogen-bond acceptors (Lipinski definition) is 3. The number of thioether (sulfide) groups is 1. The van der Waals surface area contributed by atoms with E-state index in [0.717, 1.165) is 17.7 Å². The summed E-state index contributed by atoms with van der Waals surface area (Å²) in [5.41, 5.74) is 1.08. The average molecular weight is 292 g/mol. The number of rotatable bonds is 7. The lowest BCUT2D eigenvalue weighted by molar-refractivity contribution is -0.136. The van der Waals surface area contributed by atoms with Crippen LogP contribution in [0.2, 0.25) is 0 Å². The summed E-state index contributed by atoms with van der Waals surface area (Å²) in [5.74, 6) is 0.129. The Balaban J connectivity index is 1.84. The standard InChI is InChI=1S/C15H16O2S2/c16-15(17)14(11-12-5-2-1-3-6-12)19-10-8-13-7-4-9-18-13/h1-7,9,14H,8,10-11H2,(H,16,17). The Hall–Kier alpha value is -1.26. The molecule has 1 heterocycles. The smallest absolute Gasteiger partial charge is 0.316 e. The maximum Gasteiger partial charge on any atom is 0.316 e. The van der Waals surface area contributed by atoms with Gasteiger partial charge in [0.1, 0.15) is 5.25 Å². The van der Waals surface area contributed by atoms with E-state index in [1.54, 1.807) is 11.3 Å². The van der Waals surface area contributed by atoms with Crippen molar-refractivity contribution in [2.45, 2.75) is 18.1 Å². The van der Waals surface area contributed by atoms with Gasteiger partial charge in [-0.3, -0.25) is 4.79 Å². The highest BCUT2D eigenvalue weighted by atomic mass is 32.2. The summed E-state index contributed by atoms with van der Waals surface area (Å²) in [4.78, 5) is 12.6. The molecular weight excluding hydrogens is 276 g/mol. The zero-order chi connectivity index (χ0) is 13.5. The van der Waals surface area contributed by atoms with Crippen molar-refractivity contribution < 1.29 is 9.90 Å². The van der Waals surface area contributed by atoms with Crippen LogP contribution in [0, 0.1) is 0 Å². The predicted molar refractivity (Wildman–Crippen MR) is 82.1 cm³/mol. The molecule has 1 N–H and O–H groups in total. The molecule has 1 atom stereocenters. The molecule has 0 saturated carbocycles. The first-order valence-corrected chi connectivity index (χ1v) is 8.09. The molecule has 0 fully saturated rings. The Labute approximate surface area is 121 Å². The molecule has 1 aromatic carbocycles. The largest absolute Gasteiger partial charge is 0.480 e. The third-order valence-corrected chi connectivity index (χ3v) is 4.93. The molecule has 0 aliphatic heterocycles. The Morgan fingerprint density at radius 2 is 2.00 bits per heavy atom. The summed E-state index contributed by atoms with van der Waals surface area (Å²) in [6, 6.07) is 13.9. The quantitative estimate of drug-likeness (QED) is 0.845. The zero-order valence-electron chi connectivity index (χ0n) is 10.5. The summed E-state index contributed by atoms with van der Waals surface area (Å²) in [6.45, 7) is 0. The van der Waals surface area contributed by atoms with Gasteiger partial charge in [0, 0.05) is 4.88 Å². The van der Waals surface area contributed by atoms with Crippen LogP contribution in [-0.4, -0.2) is 22.1 Å². The van der Waals surface area contributed by atoms with Crippen LogP contribution in [0.15, 0.2) is 47.8 Å². The van der Waals surface area contributed by atoms with Gasteiger partial charge in [0.2, 0.25) is 0 Å². The fourth-order valence-electron chi connectivity index (χ4n) is 1.80. The van der Waals surface area contributed by atoms with Gasteiger partial charge in [-0.25, -0.2) is 0 Å². The first-order chi connectivity index (χ1) is 9.25. The predicted octanol–water partition coefficient (Wildman–Crippen LogP) is 3.72. The number of carboxylic acid groups (broad SMARTS) is 1. The molecule has 2 rings (SSSR count). The molecule has 0 radical (unpaired) electrons. The van der Waals surface area contributed by atoms with Crippen molar-refractivity contribution in [2.24, 2.45) is 0 Å². The fraction of sp³-hybridized carbons (Fsp3) is 0.267. The molecule has 1 aromatic heterocycles.